The first-order chi connectivity index (χ1) is 9.94. The standard InChI is InChI=1S/C16H24FN3O/c1-20(2)16(8-4-3-5-9-16)11-19-15(21)13-10-12(17)6-7-14(13)18/h6-7,10H,3-5,8-9,11,18H2,1-2H3,(H,19,21). The summed E-state index contributed by atoms with van der Waals surface area (Å²) >= 11 is 0. The Balaban J connectivity index is 2.07. The molecule has 1 aliphatic rings. The van der Waals surface area contributed by atoms with Gasteiger partial charge in [0, 0.05) is 17.8 Å². The Hall–Kier alpha value is -1.62. The molecule has 4 nitrogen and oxygen atoms in total. The molecular formula is C16H24FN3O. The van der Waals surface area contributed by atoms with Crippen LogP contribution in [0.15, 0.2) is 18.2 Å². The number of anilines is 1. The van der Waals surface area contributed by atoms with Gasteiger partial charge in [0.2, 0.25) is 0 Å². The maximum absolute atomic E-state index is 13.3. The van der Waals surface area contributed by atoms with Crippen molar-refractivity contribution in [2.45, 2.75) is 37.6 Å². The lowest BCUT2D eigenvalue weighted by molar-refractivity contribution is 0.0800. The van der Waals surface area contributed by atoms with Crippen LogP contribution in [0.2, 0.25) is 0 Å². The highest BCUT2D eigenvalue weighted by molar-refractivity contribution is 5.99. The molecular weight excluding hydrogens is 269 g/mol. The minimum Gasteiger partial charge on any atom is -0.398 e. The summed E-state index contributed by atoms with van der Waals surface area (Å²) in [5, 5.41) is 2.93. The highest BCUT2D eigenvalue weighted by atomic mass is 19.1. The lowest BCUT2D eigenvalue weighted by atomic mass is 9.80. The minimum atomic E-state index is -0.450. The van der Waals surface area contributed by atoms with Gasteiger partial charge in [-0.05, 0) is 45.1 Å². The number of halogens is 1. The fourth-order valence-electron chi connectivity index (χ4n) is 3.06. The zero-order valence-electron chi connectivity index (χ0n) is 12.8. The van der Waals surface area contributed by atoms with Crippen LogP contribution >= 0.6 is 0 Å². The summed E-state index contributed by atoms with van der Waals surface area (Å²) in [4.78, 5) is 14.4. The van der Waals surface area contributed by atoms with E-state index >= 15 is 0 Å². The number of nitrogen functional groups attached to an aromatic ring is 1. The summed E-state index contributed by atoms with van der Waals surface area (Å²) in [5.41, 5.74) is 6.26. The SMILES string of the molecule is CN(C)C1(CNC(=O)c2cc(F)ccc2N)CCCCC1. The van der Waals surface area contributed by atoms with E-state index in [1.807, 2.05) is 14.1 Å². The van der Waals surface area contributed by atoms with Gasteiger partial charge in [-0.3, -0.25) is 4.79 Å². The molecule has 0 aromatic heterocycles. The molecule has 0 heterocycles. The highest BCUT2D eigenvalue weighted by Crippen LogP contribution is 2.31. The summed E-state index contributed by atoms with van der Waals surface area (Å²) in [5.74, 6) is -0.756. The number of carbonyl (C=O) groups excluding carboxylic acids is 1. The van der Waals surface area contributed by atoms with Crippen molar-refractivity contribution in [1.82, 2.24) is 10.2 Å². The lowest BCUT2D eigenvalue weighted by Crippen LogP contribution is -2.53. The van der Waals surface area contributed by atoms with Gasteiger partial charge in [-0.25, -0.2) is 4.39 Å². The average Bonchev–Trinajstić information content (AvgIpc) is 2.48. The van der Waals surface area contributed by atoms with Crippen molar-refractivity contribution >= 4 is 11.6 Å². The van der Waals surface area contributed by atoms with Crippen LogP contribution in [-0.4, -0.2) is 37.0 Å². The van der Waals surface area contributed by atoms with Crippen molar-refractivity contribution in [2.75, 3.05) is 26.4 Å². The number of likely N-dealkylation sites (N-methyl/N-ethyl adjacent to an activating group) is 1. The van der Waals surface area contributed by atoms with E-state index < -0.39 is 5.82 Å². The highest BCUT2D eigenvalue weighted by Gasteiger charge is 2.34. The van der Waals surface area contributed by atoms with E-state index in [0.717, 1.165) is 12.8 Å². The summed E-state index contributed by atoms with van der Waals surface area (Å²) in [6.07, 6.45) is 5.74. The fourth-order valence-corrected chi connectivity index (χ4v) is 3.06. The topological polar surface area (TPSA) is 58.4 Å². The average molecular weight is 293 g/mol. The summed E-state index contributed by atoms with van der Waals surface area (Å²) in [7, 11) is 4.10. The normalized spacial score (nSPS) is 17.7. The number of carbonyl (C=O) groups is 1. The van der Waals surface area contributed by atoms with E-state index in [0.29, 0.717) is 12.2 Å². The Kier molecular flexibility index (Phi) is 4.83. The molecule has 1 aliphatic carbocycles. The number of nitrogens with one attached hydrogen (secondary N) is 1. The molecule has 5 heteroatoms. The molecule has 21 heavy (non-hydrogen) atoms. The van der Waals surface area contributed by atoms with Crippen molar-refractivity contribution in [1.29, 1.82) is 0 Å². The van der Waals surface area contributed by atoms with Crippen molar-refractivity contribution < 1.29 is 9.18 Å². The lowest BCUT2D eigenvalue weighted by Gasteiger charge is -2.43. The maximum atomic E-state index is 13.3. The predicted octanol–water partition coefficient (Wildman–Crippen LogP) is 2.40. The fraction of sp³-hybridized carbons (Fsp3) is 0.562. The van der Waals surface area contributed by atoms with E-state index in [1.54, 1.807) is 0 Å². The molecule has 0 spiro atoms. The van der Waals surface area contributed by atoms with Gasteiger partial charge in [0.15, 0.2) is 0 Å². The van der Waals surface area contributed by atoms with Gasteiger partial charge < -0.3 is 16.0 Å². The van der Waals surface area contributed by atoms with Gasteiger partial charge in [0.25, 0.3) is 5.91 Å². The van der Waals surface area contributed by atoms with E-state index in [2.05, 4.69) is 10.2 Å². The van der Waals surface area contributed by atoms with Gasteiger partial charge in [-0.1, -0.05) is 19.3 Å². The zero-order chi connectivity index (χ0) is 15.5. The Bertz CT molecular complexity index is 510. The van der Waals surface area contributed by atoms with Crippen molar-refractivity contribution in [2.24, 2.45) is 0 Å². The molecule has 116 valence electrons. The Labute approximate surface area is 125 Å². The Morgan fingerprint density at radius 2 is 2.00 bits per heavy atom. The van der Waals surface area contributed by atoms with E-state index in [-0.39, 0.29) is 17.0 Å². The minimum absolute atomic E-state index is 0.00397. The third-order valence-electron chi connectivity index (χ3n) is 4.57. The molecule has 0 unspecified atom stereocenters. The number of rotatable bonds is 4. The van der Waals surface area contributed by atoms with Crippen LogP contribution in [0.4, 0.5) is 10.1 Å². The molecule has 0 atom stereocenters. The number of nitrogens with two attached hydrogens (primary N) is 1. The Morgan fingerprint density at radius 1 is 1.33 bits per heavy atom. The number of amides is 1. The van der Waals surface area contributed by atoms with Crippen LogP contribution in [0.5, 0.6) is 0 Å². The molecule has 2 rings (SSSR count). The maximum Gasteiger partial charge on any atom is 0.253 e. The van der Waals surface area contributed by atoms with Gasteiger partial charge >= 0.3 is 0 Å². The van der Waals surface area contributed by atoms with E-state index in [1.165, 1.54) is 37.5 Å². The molecule has 0 saturated heterocycles. The molecule has 1 amide bonds. The monoisotopic (exact) mass is 293 g/mol. The molecule has 0 bridgehead atoms. The summed E-state index contributed by atoms with van der Waals surface area (Å²) in [6.45, 7) is 0.564. The van der Waals surface area contributed by atoms with Crippen molar-refractivity contribution in [3.63, 3.8) is 0 Å². The van der Waals surface area contributed by atoms with Crippen LogP contribution < -0.4 is 11.1 Å². The second kappa shape index (κ2) is 6.43. The van der Waals surface area contributed by atoms with Gasteiger partial charge in [-0.2, -0.15) is 0 Å². The van der Waals surface area contributed by atoms with E-state index in [4.69, 9.17) is 5.73 Å². The van der Waals surface area contributed by atoms with Gasteiger partial charge in [-0.15, -0.1) is 0 Å². The largest absolute Gasteiger partial charge is 0.398 e. The molecule has 1 fully saturated rings. The van der Waals surface area contributed by atoms with Crippen LogP contribution in [0.3, 0.4) is 0 Å². The molecule has 3 N–H and O–H groups in total. The summed E-state index contributed by atoms with van der Waals surface area (Å²) < 4.78 is 13.3. The van der Waals surface area contributed by atoms with Crippen LogP contribution in [0, 0.1) is 5.82 Å². The van der Waals surface area contributed by atoms with Gasteiger partial charge in [0.05, 0.1) is 5.56 Å². The third-order valence-corrected chi connectivity index (χ3v) is 4.57. The van der Waals surface area contributed by atoms with Crippen molar-refractivity contribution in [3.8, 4) is 0 Å². The number of hydrogen-bond acceptors (Lipinski definition) is 3. The van der Waals surface area contributed by atoms with Gasteiger partial charge in [0.1, 0.15) is 5.82 Å². The quantitative estimate of drug-likeness (QED) is 0.838. The zero-order valence-corrected chi connectivity index (χ0v) is 12.8. The first kappa shape index (κ1) is 15.8. The van der Waals surface area contributed by atoms with Crippen molar-refractivity contribution in [3.05, 3.63) is 29.6 Å². The summed E-state index contributed by atoms with van der Waals surface area (Å²) in [6, 6.07) is 3.87. The van der Waals surface area contributed by atoms with E-state index in [9.17, 15) is 9.18 Å². The molecule has 1 saturated carbocycles. The molecule has 0 aliphatic heterocycles. The number of hydrogen-bond donors (Lipinski definition) is 2. The third kappa shape index (κ3) is 3.53. The molecule has 1 aromatic rings. The smallest absolute Gasteiger partial charge is 0.253 e. The van der Waals surface area contributed by atoms with Crippen LogP contribution in [-0.2, 0) is 0 Å². The first-order valence-corrected chi connectivity index (χ1v) is 7.45. The second-order valence-corrected chi connectivity index (χ2v) is 6.09. The van der Waals surface area contributed by atoms with Crippen LogP contribution in [0.1, 0.15) is 42.5 Å². The molecule has 1 aromatic carbocycles. The predicted molar refractivity (Wildman–Crippen MR) is 82.6 cm³/mol. The first-order valence-electron chi connectivity index (χ1n) is 7.45. The number of benzene rings is 1. The van der Waals surface area contributed by atoms with Crippen LogP contribution in [0.25, 0.3) is 0 Å². The second-order valence-electron chi connectivity index (χ2n) is 6.09. The Morgan fingerprint density at radius 3 is 2.62 bits per heavy atom. The molecule has 0 radical (unpaired) electrons. The number of nitrogens with zero attached hydrogens (tertiary/aromatic N) is 1.